The van der Waals surface area contributed by atoms with Crippen LogP contribution in [0.25, 0.3) is 0 Å². The lowest BCUT2D eigenvalue weighted by Crippen LogP contribution is -2.32. The van der Waals surface area contributed by atoms with Gasteiger partial charge in [0.2, 0.25) is 0 Å². The van der Waals surface area contributed by atoms with Crippen molar-refractivity contribution in [2.24, 2.45) is 5.92 Å². The Morgan fingerprint density at radius 3 is 2.68 bits per heavy atom. The molecule has 2 aromatic rings. The number of fused-ring (bicyclic) bond motifs is 3. The highest BCUT2D eigenvalue weighted by atomic mass is 16.5. The third-order valence-electron chi connectivity index (χ3n) is 6.13. The average Bonchev–Trinajstić information content (AvgIpc) is 3.24. The first-order valence-corrected chi connectivity index (χ1v) is 10.2. The average molecular weight is 377 g/mol. The minimum absolute atomic E-state index is 0.109. The zero-order valence-corrected chi connectivity index (χ0v) is 16.8. The zero-order chi connectivity index (χ0) is 19.7. The Kier molecular flexibility index (Phi) is 5.12. The molecule has 0 saturated carbocycles. The van der Waals surface area contributed by atoms with E-state index in [0.29, 0.717) is 11.8 Å². The van der Waals surface area contributed by atoms with Gasteiger partial charge in [0.1, 0.15) is 5.75 Å². The van der Waals surface area contributed by atoms with Gasteiger partial charge in [0.15, 0.2) is 0 Å². The first-order valence-electron chi connectivity index (χ1n) is 10.2. The maximum atomic E-state index is 12.8. The largest absolute Gasteiger partial charge is 0.496 e. The molecule has 0 bridgehead atoms. The van der Waals surface area contributed by atoms with Gasteiger partial charge in [-0.05, 0) is 56.0 Å². The predicted octanol–water partition coefficient (Wildman–Crippen LogP) is 5.00. The van der Waals surface area contributed by atoms with E-state index in [4.69, 9.17) is 4.74 Å². The van der Waals surface area contributed by atoms with Crippen molar-refractivity contribution in [1.82, 2.24) is 4.90 Å². The lowest BCUT2D eigenvalue weighted by Gasteiger charge is -2.38. The van der Waals surface area contributed by atoms with Crippen LogP contribution in [0.3, 0.4) is 0 Å². The fourth-order valence-electron chi connectivity index (χ4n) is 4.65. The highest BCUT2D eigenvalue weighted by molar-refractivity contribution is 5.95. The van der Waals surface area contributed by atoms with Crippen molar-refractivity contribution in [3.8, 4) is 5.75 Å². The molecule has 0 fully saturated rings. The number of para-hydroxylation sites is 1. The number of ether oxygens (including phenoxy) is 1. The predicted molar refractivity (Wildman–Crippen MR) is 113 cm³/mol. The second kappa shape index (κ2) is 7.70. The van der Waals surface area contributed by atoms with E-state index >= 15 is 0 Å². The minimum Gasteiger partial charge on any atom is -0.496 e. The summed E-state index contributed by atoms with van der Waals surface area (Å²) < 4.78 is 5.63. The summed E-state index contributed by atoms with van der Waals surface area (Å²) in [5.74, 6) is 1.76. The number of methoxy groups -OCH3 is 1. The summed E-state index contributed by atoms with van der Waals surface area (Å²) in [4.78, 5) is 14.7. The number of allylic oxidation sites excluding steroid dienone is 2. The van der Waals surface area contributed by atoms with Crippen LogP contribution in [0.4, 0.5) is 5.69 Å². The van der Waals surface area contributed by atoms with Gasteiger partial charge in [0, 0.05) is 35.8 Å². The van der Waals surface area contributed by atoms with E-state index in [1.165, 1.54) is 11.1 Å². The second-order valence-corrected chi connectivity index (χ2v) is 7.50. The van der Waals surface area contributed by atoms with Crippen molar-refractivity contribution in [3.63, 3.8) is 0 Å². The summed E-state index contributed by atoms with van der Waals surface area (Å²) in [5, 5.41) is 3.74. The third-order valence-corrected chi connectivity index (χ3v) is 6.13. The third kappa shape index (κ3) is 3.07. The van der Waals surface area contributed by atoms with Gasteiger partial charge in [0.05, 0.1) is 13.2 Å². The SMILES string of the molecule is CCN(CC)C(=O)c1ccc2c(c1)C1C=CCC1C(c1ccccc1OC)N2. The molecule has 1 aliphatic carbocycles. The van der Waals surface area contributed by atoms with Gasteiger partial charge in [-0.25, -0.2) is 0 Å². The van der Waals surface area contributed by atoms with Crippen LogP contribution >= 0.6 is 0 Å². The first-order chi connectivity index (χ1) is 13.7. The first kappa shape index (κ1) is 18.6. The number of nitrogens with zero attached hydrogens (tertiary/aromatic N) is 1. The Labute approximate surface area is 167 Å². The fourth-order valence-corrected chi connectivity index (χ4v) is 4.65. The van der Waals surface area contributed by atoms with E-state index in [1.54, 1.807) is 7.11 Å². The van der Waals surface area contributed by atoms with Crippen molar-refractivity contribution >= 4 is 11.6 Å². The van der Waals surface area contributed by atoms with Gasteiger partial charge in [-0.1, -0.05) is 30.4 Å². The van der Waals surface area contributed by atoms with Crippen LogP contribution < -0.4 is 10.1 Å². The van der Waals surface area contributed by atoms with Gasteiger partial charge >= 0.3 is 0 Å². The normalized spacial score (nSPS) is 22.2. The topological polar surface area (TPSA) is 41.6 Å². The molecule has 0 saturated heterocycles. The highest BCUT2D eigenvalue weighted by Crippen LogP contribution is 2.51. The highest BCUT2D eigenvalue weighted by Gasteiger charge is 2.39. The zero-order valence-electron chi connectivity index (χ0n) is 16.8. The summed E-state index contributed by atoms with van der Waals surface area (Å²) >= 11 is 0. The summed E-state index contributed by atoms with van der Waals surface area (Å²) in [6.45, 7) is 5.50. The molecule has 4 heteroatoms. The van der Waals surface area contributed by atoms with Crippen LogP contribution in [0.5, 0.6) is 5.75 Å². The Balaban J connectivity index is 1.72. The number of benzene rings is 2. The van der Waals surface area contributed by atoms with Crippen LogP contribution in [0.2, 0.25) is 0 Å². The van der Waals surface area contributed by atoms with E-state index in [-0.39, 0.29) is 11.9 Å². The van der Waals surface area contributed by atoms with Crippen LogP contribution in [0.1, 0.15) is 53.7 Å². The minimum atomic E-state index is 0.109. The molecular formula is C24H28N2O2. The summed E-state index contributed by atoms with van der Waals surface area (Å²) in [7, 11) is 1.73. The quantitative estimate of drug-likeness (QED) is 0.747. The standard InChI is InChI=1S/C24H28N2O2/c1-4-26(5-2)24(27)16-13-14-21-20(15-16)17-10-8-11-18(17)23(25-21)19-9-6-7-12-22(19)28-3/h6-10,12-15,17-18,23,25H,4-5,11H2,1-3H3. The van der Waals surface area contributed by atoms with Crippen LogP contribution in [-0.4, -0.2) is 31.0 Å². The molecule has 146 valence electrons. The van der Waals surface area contributed by atoms with E-state index in [0.717, 1.165) is 36.5 Å². The maximum absolute atomic E-state index is 12.8. The molecule has 3 unspecified atom stereocenters. The molecule has 2 aromatic carbocycles. The van der Waals surface area contributed by atoms with Crippen LogP contribution in [-0.2, 0) is 0 Å². The molecule has 4 nitrogen and oxygen atoms in total. The summed E-state index contributed by atoms with van der Waals surface area (Å²) in [6.07, 6.45) is 5.60. The van der Waals surface area contributed by atoms with Crippen molar-refractivity contribution < 1.29 is 9.53 Å². The number of carbonyl (C=O) groups is 1. The Morgan fingerprint density at radius 1 is 1.14 bits per heavy atom. The van der Waals surface area contributed by atoms with Gasteiger partial charge in [-0.2, -0.15) is 0 Å². The Hall–Kier alpha value is -2.75. The Bertz CT molecular complexity index is 901. The van der Waals surface area contributed by atoms with Gasteiger partial charge in [0.25, 0.3) is 5.91 Å². The molecule has 0 aromatic heterocycles. The molecule has 0 spiro atoms. The number of anilines is 1. The lowest BCUT2D eigenvalue weighted by molar-refractivity contribution is 0.0773. The Morgan fingerprint density at radius 2 is 1.93 bits per heavy atom. The smallest absolute Gasteiger partial charge is 0.253 e. The second-order valence-electron chi connectivity index (χ2n) is 7.50. The van der Waals surface area contributed by atoms with Crippen LogP contribution in [0, 0.1) is 5.92 Å². The van der Waals surface area contributed by atoms with Crippen molar-refractivity contribution in [2.75, 3.05) is 25.5 Å². The molecule has 3 atom stereocenters. The molecule has 1 amide bonds. The van der Waals surface area contributed by atoms with E-state index in [2.05, 4.69) is 41.7 Å². The number of carbonyl (C=O) groups excluding carboxylic acids is 1. The van der Waals surface area contributed by atoms with E-state index in [9.17, 15) is 4.79 Å². The van der Waals surface area contributed by atoms with E-state index < -0.39 is 0 Å². The monoisotopic (exact) mass is 376 g/mol. The summed E-state index contributed by atoms with van der Waals surface area (Å²) in [6, 6.07) is 14.5. The molecule has 1 aliphatic heterocycles. The van der Waals surface area contributed by atoms with Gasteiger partial charge < -0.3 is 15.0 Å². The fraction of sp³-hybridized carbons (Fsp3) is 0.375. The molecule has 1 N–H and O–H groups in total. The van der Waals surface area contributed by atoms with Crippen molar-refractivity contribution in [2.45, 2.75) is 32.2 Å². The van der Waals surface area contributed by atoms with Gasteiger partial charge in [-0.3, -0.25) is 4.79 Å². The summed E-state index contributed by atoms with van der Waals surface area (Å²) in [5.41, 5.74) is 4.30. The van der Waals surface area contributed by atoms with E-state index in [1.807, 2.05) is 36.9 Å². The number of amides is 1. The van der Waals surface area contributed by atoms with Crippen molar-refractivity contribution in [3.05, 3.63) is 71.3 Å². The van der Waals surface area contributed by atoms with Gasteiger partial charge in [-0.15, -0.1) is 0 Å². The van der Waals surface area contributed by atoms with Crippen LogP contribution in [0.15, 0.2) is 54.6 Å². The van der Waals surface area contributed by atoms with Crippen molar-refractivity contribution in [1.29, 1.82) is 0 Å². The number of hydrogen-bond donors (Lipinski definition) is 1. The lowest BCUT2D eigenvalue weighted by atomic mass is 9.76. The number of hydrogen-bond acceptors (Lipinski definition) is 3. The molecule has 28 heavy (non-hydrogen) atoms. The maximum Gasteiger partial charge on any atom is 0.253 e. The molecule has 4 rings (SSSR count). The molecular weight excluding hydrogens is 348 g/mol. The molecule has 2 aliphatic rings. The molecule has 1 heterocycles. The molecule has 0 radical (unpaired) electrons. The number of nitrogens with one attached hydrogen (secondary N) is 1. The number of rotatable bonds is 5.